The van der Waals surface area contributed by atoms with Crippen molar-refractivity contribution in [1.29, 1.82) is 0 Å². The summed E-state index contributed by atoms with van der Waals surface area (Å²) in [6, 6.07) is 6.30. The molecule has 1 aromatic carbocycles. The molecule has 0 spiro atoms. The molecule has 1 saturated heterocycles. The van der Waals surface area contributed by atoms with Crippen molar-refractivity contribution in [2.24, 2.45) is 0 Å². The average molecular weight is 331 g/mol. The molecule has 3 nitrogen and oxygen atoms in total. The highest BCUT2D eigenvalue weighted by Gasteiger charge is 2.34. The first-order valence-corrected chi connectivity index (χ1v) is 6.43. The van der Waals surface area contributed by atoms with Crippen LogP contribution < -0.4 is 5.32 Å². The molecule has 4 heteroatoms. The van der Waals surface area contributed by atoms with E-state index >= 15 is 0 Å². The number of hydrogen-bond donors (Lipinski definition) is 1. The zero-order valence-electron chi connectivity index (χ0n) is 9.29. The van der Waals surface area contributed by atoms with E-state index in [-0.39, 0.29) is 18.2 Å². The predicted octanol–water partition coefficient (Wildman–Crippen LogP) is 3.16. The number of nitrogens with one attached hydrogen (secondary N) is 1. The molecule has 1 aliphatic rings. The van der Waals surface area contributed by atoms with Crippen LogP contribution >= 0.6 is 22.6 Å². The second-order valence-corrected chi connectivity index (χ2v) is 5.17. The van der Waals surface area contributed by atoms with Crippen LogP contribution in [0.25, 0.3) is 0 Å². The zero-order valence-corrected chi connectivity index (χ0v) is 11.4. The van der Waals surface area contributed by atoms with Crippen LogP contribution in [0.4, 0.5) is 4.79 Å². The third-order valence-electron chi connectivity index (χ3n) is 2.80. The summed E-state index contributed by atoms with van der Waals surface area (Å²) in [5.41, 5.74) is 2.29. The van der Waals surface area contributed by atoms with E-state index in [0.29, 0.717) is 0 Å². The molecule has 0 radical (unpaired) electrons. The second kappa shape index (κ2) is 4.61. The molecule has 1 heterocycles. The lowest BCUT2D eigenvalue weighted by molar-refractivity contribution is 0.131. The van der Waals surface area contributed by atoms with Gasteiger partial charge in [-0.3, -0.25) is 0 Å². The number of alkyl carbamates (subject to hydrolysis) is 1. The van der Waals surface area contributed by atoms with Gasteiger partial charge in [0, 0.05) is 9.13 Å². The fourth-order valence-electron chi connectivity index (χ4n) is 1.94. The molecule has 1 unspecified atom stereocenters. The van der Waals surface area contributed by atoms with Gasteiger partial charge in [-0.2, -0.15) is 0 Å². The fraction of sp³-hybridized carbons (Fsp3) is 0.417. The van der Waals surface area contributed by atoms with E-state index in [4.69, 9.17) is 4.74 Å². The van der Waals surface area contributed by atoms with Gasteiger partial charge in [-0.15, -0.1) is 0 Å². The Kier molecular flexibility index (Phi) is 3.37. The summed E-state index contributed by atoms with van der Waals surface area (Å²) >= 11 is 2.28. The van der Waals surface area contributed by atoms with Crippen molar-refractivity contribution in [1.82, 2.24) is 5.32 Å². The van der Waals surface area contributed by atoms with E-state index in [0.717, 1.165) is 15.6 Å². The van der Waals surface area contributed by atoms with Gasteiger partial charge in [0.15, 0.2) is 0 Å². The molecule has 0 bridgehead atoms. The van der Waals surface area contributed by atoms with Gasteiger partial charge in [0.2, 0.25) is 0 Å². The summed E-state index contributed by atoms with van der Waals surface area (Å²) in [4.78, 5) is 11.3. The number of aryl methyl sites for hydroxylation is 1. The number of rotatable bonds is 2. The molecule has 1 amide bonds. The molecule has 0 aliphatic carbocycles. The average Bonchev–Trinajstić information content (AvgIpc) is 2.63. The standard InChI is InChI=1S/C12H14INO2/c1-3-10-11(16-12(15)14-10)8-6-7(2)4-5-9(8)13/h4-6,10-11H,3H2,1-2H3,(H,14,15)/t10-,11?/m1/s1. The Bertz CT molecular complexity index is 419. The molecule has 1 fully saturated rings. The van der Waals surface area contributed by atoms with Crippen molar-refractivity contribution in [3.8, 4) is 0 Å². The normalized spacial score (nSPS) is 24.1. The van der Waals surface area contributed by atoms with E-state index in [2.05, 4.69) is 53.0 Å². The number of benzene rings is 1. The quantitative estimate of drug-likeness (QED) is 0.846. The lowest BCUT2D eigenvalue weighted by atomic mass is 10.00. The van der Waals surface area contributed by atoms with Crippen molar-refractivity contribution < 1.29 is 9.53 Å². The van der Waals surface area contributed by atoms with Crippen LogP contribution in [-0.4, -0.2) is 12.1 Å². The minimum Gasteiger partial charge on any atom is -0.439 e. The number of carbonyl (C=O) groups excluding carboxylic acids is 1. The fourth-order valence-corrected chi connectivity index (χ4v) is 2.58. The summed E-state index contributed by atoms with van der Waals surface area (Å²) in [5.74, 6) is 0. The van der Waals surface area contributed by atoms with Crippen LogP contribution in [0.1, 0.15) is 30.6 Å². The van der Waals surface area contributed by atoms with E-state index in [1.807, 2.05) is 6.92 Å². The molecule has 1 aliphatic heterocycles. The Hall–Kier alpha value is -0.780. The first-order valence-electron chi connectivity index (χ1n) is 5.35. The smallest absolute Gasteiger partial charge is 0.408 e. The molecule has 2 rings (SSSR count). The van der Waals surface area contributed by atoms with Crippen molar-refractivity contribution in [3.63, 3.8) is 0 Å². The summed E-state index contributed by atoms with van der Waals surface area (Å²) in [7, 11) is 0. The summed E-state index contributed by atoms with van der Waals surface area (Å²) in [6.45, 7) is 4.10. The zero-order chi connectivity index (χ0) is 11.7. The van der Waals surface area contributed by atoms with Crippen LogP contribution in [0.3, 0.4) is 0 Å². The highest BCUT2D eigenvalue weighted by Crippen LogP contribution is 2.31. The Morgan fingerprint density at radius 2 is 2.25 bits per heavy atom. The third-order valence-corrected chi connectivity index (χ3v) is 3.78. The minimum absolute atomic E-state index is 0.0859. The Balaban J connectivity index is 2.35. The summed E-state index contributed by atoms with van der Waals surface area (Å²) < 4.78 is 6.47. The number of amides is 1. The molecular weight excluding hydrogens is 317 g/mol. The summed E-state index contributed by atoms with van der Waals surface area (Å²) in [5, 5.41) is 2.83. The second-order valence-electron chi connectivity index (χ2n) is 4.01. The van der Waals surface area contributed by atoms with Gasteiger partial charge in [0.25, 0.3) is 0 Å². The first kappa shape index (κ1) is 11.7. The van der Waals surface area contributed by atoms with Crippen molar-refractivity contribution in [2.45, 2.75) is 32.4 Å². The van der Waals surface area contributed by atoms with E-state index < -0.39 is 0 Å². The molecule has 1 N–H and O–H groups in total. The number of halogens is 1. The predicted molar refractivity (Wildman–Crippen MR) is 70.3 cm³/mol. The largest absolute Gasteiger partial charge is 0.439 e. The highest BCUT2D eigenvalue weighted by molar-refractivity contribution is 14.1. The Morgan fingerprint density at radius 3 is 2.94 bits per heavy atom. The lowest BCUT2D eigenvalue weighted by Crippen LogP contribution is -2.27. The van der Waals surface area contributed by atoms with Crippen LogP contribution in [-0.2, 0) is 4.74 Å². The van der Waals surface area contributed by atoms with Gasteiger partial charge < -0.3 is 10.1 Å². The van der Waals surface area contributed by atoms with Gasteiger partial charge in [-0.25, -0.2) is 4.79 Å². The van der Waals surface area contributed by atoms with Gasteiger partial charge in [0.1, 0.15) is 6.10 Å². The van der Waals surface area contributed by atoms with Crippen LogP contribution in [0.15, 0.2) is 18.2 Å². The number of hydrogen-bond acceptors (Lipinski definition) is 2. The first-order chi connectivity index (χ1) is 7.61. The summed E-state index contributed by atoms with van der Waals surface area (Å²) in [6.07, 6.45) is 0.416. The van der Waals surface area contributed by atoms with E-state index in [9.17, 15) is 4.79 Å². The van der Waals surface area contributed by atoms with Crippen LogP contribution in [0, 0.1) is 10.5 Å². The van der Waals surface area contributed by atoms with Gasteiger partial charge in [0.05, 0.1) is 6.04 Å². The number of ether oxygens (including phenoxy) is 1. The lowest BCUT2D eigenvalue weighted by Gasteiger charge is -2.17. The van der Waals surface area contributed by atoms with Crippen molar-refractivity contribution >= 4 is 28.7 Å². The van der Waals surface area contributed by atoms with Crippen LogP contribution in [0.5, 0.6) is 0 Å². The molecule has 2 atom stereocenters. The molecule has 0 aromatic heterocycles. The Labute approximate surface area is 109 Å². The molecule has 1 aromatic rings. The monoisotopic (exact) mass is 331 g/mol. The SMILES string of the molecule is CC[C@H]1NC(=O)OC1c1cc(C)ccc1I. The van der Waals surface area contributed by atoms with E-state index in [1.54, 1.807) is 0 Å². The maximum atomic E-state index is 11.3. The van der Waals surface area contributed by atoms with E-state index in [1.165, 1.54) is 5.56 Å². The maximum absolute atomic E-state index is 11.3. The third kappa shape index (κ3) is 2.16. The molecular formula is C12H14INO2. The maximum Gasteiger partial charge on any atom is 0.408 e. The van der Waals surface area contributed by atoms with Crippen LogP contribution in [0.2, 0.25) is 0 Å². The van der Waals surface area contributed by atoms with Gasteiger partial charge >= 0.3 is 6.09 Å². The number of cyclic esters (lactones) is 1. The number of carbonyl (C=O) groups is 1. The topological polar surface area (TPSA) is 38.3 Å². The molecule has 16 heavy (non-hydrogen) atoms. The Morgan fingerprint density at radius 1 is 1.50 bits per heavy atom. The van der Waals surface area contributed by atoms with Gasteiger partial charge in [-0.1, -0.05) is 24.6 Å². The molecule has 86 valence electrons. The van der Waals surface area contributed by atoms with Crippen molar-refractivity contribution in [2.75, 3.05) is 0 Å². The highest BCUT2D eigenvalue weighted by atomic mass is 127. The molecule has 0 saturated carbocycles. The van der Waals surface area contributed by atoms with Crippen molar-refractivity contribution in [3.05, 3.63) is 32.9 Å². The minimum atomic E-state index is -0.311. The van der Waals surface area contributed by atoms with Gasteiger partial charge in [-0.05, 0) is 42.0 Å².